The lowest BCUT2D eigenvalue weighted by atomic mass is 9.99. The van der Waals surface area contributed by atoms with Crippen LogP contribution in [0.5, 0.6) is 0 Å². The van der Waals surface area contributed by atoms with Gasteiger partial charge in [0, 0.05) is 64.3 Å². The molecule has 0 spiro atoms. The molecular weight excluding hydrogens is 595 g/mol. The minimum Gasteiger partial charge on any atom is -0.334 e. The number of hydrogen-bond acceptors (Lipinski definition) is 4. The summed E-state index contributed by atoms with van der Waals surface area (Å²) in [5.74, 6) is 0.526. The predicted molar refractivity (Wildman–Crippen MR) is 177 cm³/mol. The maximum Gasteiger partial charge on any atom is 0.416 e. The van der Waals surface area contributed by atoms with E-state index < -0.39 is 11.7 Å². The molecule has 0 saturated carbocycles. The number of nitrogens with one attached hydrogen (secondary N) is 1. The van der Waals surface area contributed by atoms with E-state index in [1.807, 2.05) is 43.6 Å². The van der Waals surface area contributed by atoms with Gasteiger partial charge in [-0.1, -0.05) is 69.3 Å². The molecule has 2 saturated heterocycles. The van der Waals surface area contributed by atoms with Gasteiger partial charge < -0.3 is 25.2 Å². The second-order valence-corrected chi connectivity index (χ2v) is 11.3. The summed E-state index contributed by atoms with van der Waals surface area (Å²) in [5, 5.41) is 13.4. The number of carbonyl (C=O) groups is 2. The quantitative estimate of drug-likeness (QED) is 0.206. The van der Waals surface area contributed by atoms with Gasteiger partial charge in [0.15, 0.2) is 0 Å². The van der Waals surface area contributed by atoms with Crippen molar-refractivity contribution in [3.8, 4) is 0 Å². The highest BCUT2D eigenvalue weighted by Crippen LogP contribution is 2.29. The van der Waals surface area contributed by atoms with E-state index in [-0.39, 0.29) is 24.6 Å². The fraction of sp³-hybridized carbons (Fsp3) is 0.543. The van der Waals surface area contributed by atoms with Crippen molar-refractivity contribution in [1.29, 1.82) is 0 Å². The topological polar surface area (TPSA) is 79.4 Å². The summed E-state index contributed by atoms with van der Waals surface area (Å²) >= 11 is 0. The number of nitrogens with zero attached hydrogens (tertiary/aromatic N) is 4. The summed E-state index contributed by atoms with van der Waals surface area (Å²) in [5.41, 5.74) is 1.22. The molecule has 2 aromatic carbocycles. The Labute approximate surface area is 272 Å². The largest absolute Gasteiger partial charge is 0.416 e. The van der Waals surface area contributed by atoms with E-state index in [1.54, 1.807) is 11.0 Å². The van der Waals surface area contributed by atoms with Crippen LogP contribution in [0.1, 0.15) is 76.0 Å². The number of amides is 4. The number of halogens is 3. The Morgan fingerprint density at radius 2 is 1.67 bits per heavy atom. The summed E-state index contributed by atoms with van der Waals surface area (Å²) in [6, 6.07) is 15.0. The van der Waals surface area contributed by atoms with E-state index in [1.165, 1.54) is 35.6 Å². The highest BCUT2D eigenvalue weighted by Gasteiger charge is 2.31. The minimum atomic E-state index is -4.38. The standard InChI is InChI=1S/C18H26F3N3O2.C15H20N2O.C2H6/c1-4-11-24(14(3)10-12-23(26)5-2)17(25)22-13-15-6-8-16(9-7-15)18(19,20)21;18-15(16-9-4-5-10-16)17-11-8-14(12-17)13-6-2-1-3-7-13;1-2/h4,6-9,14,26H,1,5,10-13H2,2-3H3,(H,22,25);1-3,6-7,14H,4-5,8-12H2;1-2H3. The zero-order chi connectivity index (χ0) is 34.1. The molecule has 2 N–H and O–H groups in total. The maximum absolute atomic E-state index is 12.6. The summed E-state index contributed by atoms with van der Waals surface area (Å²) in [6.07, 6.45) is 1.24. The lowest BCUT2D eigenvalue weighted by Crippen LogP contribution is -2.45. The van der Waals surface area contributed by atoms with Crippen molar-refractivity contribution >= 4 is 12.1 Å². The molecule has 2 aliphatic heterocycles. The van der Waals surface area contributed by atoms with Crippen molar-refractivity contribution in [2.45, 2.75) is 78.1 Å². The van der Waals surface area contributed by atoms with Gasteiger partial charge in [0.05, 0.1) is 5.56 Å². The second-order valence-electron chi connectivity index (χ2n) is 11.3. The van der Waals surface area contributed by atoms with Crippen LogP contribution in [-0.4, -0.2) is 88.9 Å². The first-order valence-corrected chi connectivity index (χ1v) is 16.4. The van der Waals surface area contributed by atoms with Crippen molar-refractivity contribution < 1.29 is 28.0 Å². The van der Waals surface area contributed by atoms with Gasteiger partial charge in [0.25, 0.3) is 0 Å². The average Bonchev–Trinajstić information content (AvgIpc) is 3.80. The SMILES string of the molecule is C=CCN(C(=O)NCc1ccc(C(F)(F)F)cc1)C(C)CCN(O)CC.CC.O=C(N1CCCC1)N1CCC(c2ccccc2)C1. The van der Waals surface area contributed by atoms with Gasteiger partial charge in [0.1, 0.15) is 0 Å². The van der Waals surface area contributed by atoms with Crippen molar-refractivity contribution in [1.82, 2.24) is 25.1 Å². The van der Waals surface area contributed by atoms with E-state index in [0.29, 0.717) is 37.5 Å². The molecule has 2 aromatic rings. The van der Waals surface area contributed by atoms with Gasteiger partial charge in [-0.3, -0.25) is 0 Å². The molecule has 0 aromatic heterocycles. The molecular formula is C35H52F3N5O3. The van der Waals surface area contributed by atoms with Crippen LogP contribution in [0.2, 0.25) is 0 Å². The number of alkyl halides is 3. The van der Waals surface area contributed by atoms with E-state index in [4.69, 9.17) is 0 Å². The van der Waals surface area contributed by atoms with Gasteiger partial charge in [-0.05, 0) is 55.9 Å². The summed E-state index contributed by atoms with van der Waals surface area (Å²) in [7, 11) is 0. The van der Waals surface area contributed by atoms with Crippen LogP contribution in [0.4, 0.5) is 22.8 Å². The summed E-state index contributed by atoms with van der Waals surface area (Å²) in [6.45, 7) is 16.4. The molecule has 8 nitrogen and oxygen atoms in total. The first kappa shape index (κ1) is 38.6. The molecule has 2 aliphatic rings. The van der Waals surface area contributed by atoms with E-state index in [0.717, 1.165) is 44.7 Å². The Balaban J connectivity index is 0.000000319. The highest BCUT2D eigenvalue weighted by atomic mass is 19.4. The van der Waals surface area contributed by atoms with Crippen molar-refractivity contribution in [3.63, 3.8) is 0 Å². The summed E-state index contributed by atoms with van der Waals surface area (Å²) < 4.78 is 37.7. The highest BCUT2D eigenvalue weighted by molar-refractivity contribution is 5.75. The van der Waals surface area contributed by atoms with E-state index in [9.17, 15) is 28.0 Å². The van der Waals surface area contributed by atoms with Crippen LogP contribution >= 0.6 is 0 Å². The zero-order valence-electron chi connectivity index (χ0n) is 27.8. The molecule has 0 radical (unpaired) electrons. The smallest absolute Gasteiger partial charge is 0.334 e. The molecule has 2 fully saturated rings. The Morgan fingerprint density at radius 1 is 1.04 bits per heavy atom. The third kappa shape index (κ3) is 12.3. The molecule has 4 rings (SSSR count). The predicted octanol–water partition coefficient (Wildman–Crippen LogP) is 7.61. The molecule has 256 valence electrons. The van der Waals surface area contributed by atoms with Crippen LogP contribution in [-0.2, 0) is 12.7 Å². The Hall–Kier alpha value is -3.57. The third-order valence-corrected chi connectivity index (χ3v) is 8.12. The van der Waals surface area contributed by atoms with Gasteiger partial charge in [-0.25, -0.2) is 9.59 Å². The first-order chi connectivity index (χ1) is 22.0. The van der Waals surface area contributed by atoms with Crippen molar-refractivity contribution in [3.05, 3.63) is 83.9 Å². The van der Waals surface area contributed by atoms with Gasteiger partial charge in [-0.15, -0.1) is 6.58 Å². The lowest BCUT2D eigenvalue weighted by Gasteiger charge is -2.29. The molecule has 4 amide bonds. The minimum absolute atomic E-state index is 0.123. The van der Waals surface area contributed by atoms with Gasteiger partial charge >= 0.3 is 18.2 Å². The molecule has 2 unspecified atom stereocenters. The van der Waals surface area contributed by atoms with Crippen molar-refractivity contribution in [2.75, 3.05) is 45.8 Å². The average molecular weight is 648 g/mol. The second kappa shape index (κ2) is 19.8. The molecule has 2 atom stereocenters. The number of hydroxylamine groups is 2. The van der Waals surface area contributed by atoms with Gasteiger partial charge in [0.2, 0.25) is 0 Å². The number of urea groups is 2. The lowest BCUT2D eigenvalue weighted by molar-refractivity contribution is -0.137. The summed E-state index contributed by atoms with van der Waals surface area (Å²) in [4.78, 5) is 30.3. The first-order valence-electron chi connectivity index (χ1n) is 16.4. The number of carbonyl (C=O) groups excluding carboxylic acids is 2. The number of rotatable bonds is 10. The Bertz CT molecular complexity index is 1170. The molecule has 0 aliphatic carbocycles. The van der Waals surface area contributed by atoms with Crippen LogP contribution < -0.4 is 5.32 Å². The number of hydrogen-bond donors (Lipinski definition) is 2. The Morgan fingerprint density at radius 3 is 2.24 bits per heavy atom. The maximum atomic E-state index is 12.6. The molecule has 46 heavy (non-hydrogen) atoms. The van der Waals surface area contributed by atoms with Gasteiger partial charge in [-0.2, -0.15) is 18.2 Å². The number of benzene rings is 2. The van der Waals surface area contributed by atoms with Crippen LogP contribution in [0.3, 0.4) is 0 Å². The van der Waals surface area contributed by atoms with E-state index in [2.05, 4.69) is 36.2 Å². The van der Waals surface area contributed by atoms with E-state index >= 15 is 0 Å². The normalized spacial score (nSPS) is 16.6. The number of likely N-dealkylation sites (tertiary alicyclic amines) is 2. The Kier molecular flexibility index (Phi) is 16.7. The molecule has 0 bridgehead atoms. The monoisotopic (exact) mass is 647 g/mol. The van der Waals surface area contributed by atoms with Crippen LogP contribution in [0, 0.1) is 0 Å². The third-order valence-electron chi connectivity index (χ3n) is 8.12. The molecule has 2 heterocycles. The fourth-order valence-electron chi connectivity index (χ4n) is 5.38. The van der Waals surface area contributed by atoms with Crippen LogP contribution in [0.25, 0.3) is 0 Å². The fourth-order valence-corrected chi connectivity index (χ4v) is 5.38. The zero-order valence-corrected chi connectivity index (χ0v) is 27.8. The molecule has 11 heteroatoms. The van der Waals surface area contributed by atoms with Crippen molar-refractivity contribution in [2.24, 2.45) is 0 Å². The van der Waals surface area contributed by atoms with Crippen LogP contribution in [0.15, 0.2) is 67.3 Å².